The zero-order valence-electron chi connectivity index (χ0n) is 11.0. The van der Waals surface area contributed by atoms with E-state index in [1.54, 1.807) is 6.92 Å². The van der Waals surface area contributed by atoms with Gasteiger partial charge in [0.1, 0.15) is 12.1 Å². The SMILES string of the molecule is Cc1noc(CCNc2ncnc3ccc(N)cc23)n1. The molecule has 0 aliphatic heterocycles. The van der Waals surface area contributed by atoms with Gasteiger partial charge in [-0.25, -0.2) is 9.97 Å². The van der Waals surface area contributed by atoms with Crippen LogP contribution in [0, 0.1) is 6.92 Å². The maximum Gasteiger partial charge on any atom is 0.228 e. The summed E-state index contributed by atoms with van der Waals surface area (Å²) in [5, 5.41) is 7.88. The highest BCUT2D eigenvalue weighted by atomic mass is 16.5. The minimum Gasteiger partial charge on any atom is -0.399 e. The van der Waals surface area contributed by atoms with Gasteiger partial charge in [0.25, 0.3) is 0 Å². The van der Waals surface area contributed by atoms with Gasteiger partial charge in [-0.2, -0.15) is 4.98 Å². The molecular weight excluding hydrogens is 256 g/mol. The fourth-order valence-corrected chi connectivity index (χ4v) is 1.94. The summed E-state index contributed by atoms with van der Waals surface area (Å²) in [6.07, 6.45) is 2.16. The van der Waals surface area contributed by atoms with E-state index in [9.17, 15) is 0 Å². The number of rotatable bonds is 4. The summed E-state index contributed by atoms with van der Waals surface area (Å²) in [6, 6.07) is 5.55. The average Bonchev–Trinajstić information content (AvgIpc) is 2.85. The lowest BCUT2D eigenvalue weighted by molar-refractivity contribution is 0.377. The molecule has 0 atom stereocenters. The summed E-state index contributed by atoms with van der Waals surface area (Å²) in [5.41, 5.74) is 7.33. The van der Waals surface area contributed by atoms with Crippen LogP contribution in [0.3, 0.4) is 0 Å². The molecule has 20 heavy (non-hydrogen) atoms. The highest BCUT2D eigenvalue weighted by Crippen LogP contribution is 2.21. The van der Waals surface area contributed by atoms with Crippen LogP contribution in [0.15, 0.2) is 29.0 Å². The van der Waals surface area contributed by atoms with Crippen LogP contribution in [-0.4, -0.2) is 26.7 Å². The molecule has 0 unspecified atom stereocenters. The van der Waals surface area contributed by atoms with Crippen LogP contribution >= 0.6 is 0 Å². The number of hydrogen-bond donors (Lipinski definition) is 2. The first-order chi connectivity index (χ1) is 9.72. The Morgan fingerprint density at radius 2 is 2.20 bits per heavy atom. The van der Waals surface area contributed by atoms with Gasteiger partial charge in [-0.3, -0.25) is 0 Å². The van der Waals surface area contributed by atoms with Crippen LogP contribution in [0.25, 0.3) is 10.9 Å². The molecular formula is C13H14N6O. The Balaban J connectivity index is 1.75. The summed E-state index contributed by atoms with van der Waals surface area (Å²) in [6.45, 7) is 2.43. The van der Waals surface area contributed by atoms with Crippen molar-refractivity contribution >= 4 is 22.4 Å². The van der Waals surface area contributed by atoms with Crippen LogP contribution in [-0.2, 0) is 6.42 Å². The minimum absolute atomic E-state index is 0.605. The Labute approximate surface area is 115 Å². The molecule has 0 spiro atoms. The fourth-order valence-electron chi connectivity index (χ4n) is 1.94. The summed E-state index contributed by atoms with van der Waals surface area (Å²) >= 11 is 0. The van der Waals surface area contributed by atoms with E-state index >= 15 is 0 Å². The van der Waals surface area contributed by atoms with E-state index in [0.29, 0.717) is 30.4 Å². The van der Waals surface area contributed by atoms with Crippen LogP contribution in [0.1, 0.15) is 11.7 Å². The van der Waals surface area contributed by atoms with Crippen molar-refractivity contribution in [2.24, 2.45) is 0 Å². The van der Waals surface area contributed by atoms with Crippen LogP contribution in [0.5, 0.6) is 0 Å². The third-order valence-electron chi connectivity index (χ3n) is 2.86. The highest BCUT2D eigenvalue weighted by Gasteiger charge is 2.05. The van der Waals surface area contributed by atoms with E-state index in [-0.39, 0.29) is 0 Å². The molecule has 0 aliphatic rings. The van der Waals surface area contributed by atoms with Gasteiger partial charge < -0.3 is 15.6 Å². The van der Waals surface area contributed by atoms with Gasteiger partial charge in [0.05, 0.1) is 5.52 Å². The molecule has 0 aliphatic carbocycles. The number of fused-ring (bicyclic) bond motifs is 1. The topological polar surface area (TPSA) is 103 Å². The average molecular weight is 270 g/mol. The second-order valence-corrected chi connectivity index (χ2v) is 4.41. The Morgan fingerprint density at radius 3 is 3.00 bits per heavy atom. The molecule has 1 aromatic carbocycles. The van der Waals surface area contributed by atoms with Crippen LogP contribution in [0.2, 0.25) is 0 Å². The first-order valence-electron chi connectivity index (χ1n) is 6.25. The van der Waals surface area contributed by atoms with Gasteiger partial charge in [0, 0.05) is 24.0 Å². The normalized spacial score (nSPS) is 10.8. The predicted octanol–water partition coefficient (Wildman–Crippen LogP) is 1.56. The van der Waals surface area contributed by atoms with Crippen molar-refractivity contribution in [3.05, 3.63) is 36.2 Å². The Bertz CT molecular complexity index is 739. The second kappa shape index (κ2) is 5.12. The first kappa shape index (κ1) is 12.3. The Hall–Kier alpha value is -2.70. The summed E-state index contributed by atoms with van der Waals surface area (Å²) < 4.78 is 5.05. The third kappa shape index (κ3) is 2.51. The van der Waals surface area contributed by atoms with Gasteiger partial charge in [-0.15, -0.1) is 0 Å². The van der Waals surface area contributed by atoms with Gasteiger partial charge in [0.15, 0.2) is 5.82 Å². The van der Waals surface area contributed by atoms with Crippen molar-refractivity contribution in [1.82, 2.24) is 20.1 Å². The van der Waals surface area contributed by atoms with E-state index in [0.717, 1.165) is 16.7 Å². The van der Waals surface area contributed by atoms with E-state index in [1.807, 2.05) is 18.2 Å². The van der Waals surface area contributed by atoms with Crippen LogP contribution < -0.4 is 11.1 Å². The standard InChI is InChI=1S/C13H14N6O/c1-8-18-12(20-19-8)4-5-15-13-10-6-9(14)2-3-11(10)16-7-17-13/h2-3,6-7H,4-5,14H2,1H3,(H,15,16,17). The van der Waals surface area contributed by atoms with Crippen molar-refractivity contribution < 1.29 is 4.52 Å². The molecule has 2 aromatic heterocycles. The molecule has 3 aromatic rings. The minimum atomic E-state index is 0.605. The van der Waals surface area contributed by atoms with E-state index < -0.39 is 0 Å². The number of aryl methyl sites for hydroxylation is 1. The smallest absolute Gasteiger partial charge is 0.228 e. The largest absolute Gasteiger partial charge is 0.399 e. The molecule has 0 saturated heterocycles. The molecule has 2 heterocycles. The lowest BCUT2D eigenvalue weighted by Crippen LogP contribution is -2.07. The van der Waals surface area contributed by atoms with Crippen molar-refractivity contribution in [3.8, 4) is 0 Å². The first-order valence-corrected chi connectivity index (χ1v) is 6.25. The summed E-state index contributed by atoms with van der Waals surface area (Å²) in [4.78, 5) is 12.6. The molecule has 7 heteroatoms. The molecule has 3 N–H and O–H groups in total. The number of aromatic nitrogens is 4. The van der Waals surface area contributed by atoms with Crippen molar-refractivity contribution in [2.45, 2.75) is 13.3 Å². The number of nitrogen functional groups attached to an aromatic ring is 1. The number of anilines is 2. The lowest BCUT2D eigenvalue weighted by Gasteiger charge is -2.07. The Kier molecular flexibility index (Phi) is 3.16. The highest BCUT2D eigenvalue weighted by molar-refractivity contribution is 5.91. The second-order valence-electron chi connectivity index (χ2n) is 4.41. The number of nitrogens with zero attached hydrogens (tertiary/aromatic N) is 4. The molecule has 0 amide bonds. The molecule has 7 nitrogen and oxygen atoms in total. The molecule has 102 valence electrons. The van der Waals surface area contributed by atoms with Crippen molar-refractivity contribution in [3.63, 3.8) is 0 Å². The summed E-state index contributed by atoms with van der Waals surface area (Å²) in [5.74, 6) is 1.99. The van der Waals surface area contributed by atoms with Crippen molar-refractivity contribution in [1.29, 1.82) is 0 Å². The molecule has 3 rings (SSSR count). The van der Waals surface area contributed by atoms with Crippen LogP contribution in [0.4, 0.5) is 11.5 Å². The summed E-state index contributed by atoms with van der Waals surface area (Å²) in [7, 11) is 0. The number of nitrogens with two attached hydrogens (primary N) is 1. The monoisotopic (exact) mass is 270 g/mol. The van der Waals surface area contributed by atoms with Gasteiger partial charge in [-0.1, -0.05) is 5.16 Å². The molecule has 0 radical (unpaired) electrons. The zero-order valence-corrected chi connectivity index (χ0v) is 11.0. The number of hydrogen-bond acceptors (Lipinski definition) is 7. The van der Waals surface area contributed by atoms with Gasteiger partial charge >= 0.3 is 0 Å². The molecule has 0 bridgehead atoms. The van der Waals surface area contributed by atoms with E-state index in [2.05, 4.69) is 25.4 Å². The fraction of sp³-hybridized carbons (Fsp3) is 0.231. The number of nitrogens with one attached hydrogen (secondary N) is 1. The predicted molar refractivity (Wildman–Crippen MR) is 75.2 cm³/mol. The maximum absolute atomic E-state index is 5.80. The van der Waals surface area contributed by atoms with Gasteiger partial charge in [-0.05, 0) is 25.1 Å². The Morgan fingerprint density at radius 1 is 1.30 bits per heavy atom. The quantitative estimate of drug-likeness (QED) is 0.693. The lowest BCUT2D eigenvalue weighted by atomic mass is 10.2. The molecule has 0 saturated carbocycles. The third-order valence-corrected chi connectivity index (χ3v) is 2.86. The zero-order chi connectivity index (χ0) is 13.9. The molecule has 0 fully saturated rings. The van der Waals surface area contributed by atoms with E-state index in [1.165, 1.54) is 6.33 Å². The number of benzene rings is 1. The van der Waals surface area contributed by atoms with Crippen molar-refractivity contribution in [2.75, 3.05) is 17.6 Å². The maximum atomic E-state index is 5.80. The van der Waals surface area contributed by atoms with Gasteiger partial charge in [0.2, 0.25) is 5.89 Å². The van der Waals surface area contributed by atoms with E-state index in [4.69, 9.17) is 10.3 Å².